The molecule has 0 bridgehead atoms. The van der Waals surface area contributed by atoms with Crippen molar-refractivity contribution >= 4 is 40.3 Å². The number of ether oxygens (including phenoxy) is 3. The molecule has 4 aromatic rings. The van der Waals surface area contributed by atoms with Crippen molar-refractivity contribution in [1.29, 1.82) is 0 Å². The highest BCUT2D eigenvalue weighted by molar-refractivity contribution is 6.32. The number of hydrogen-bond acceptors (Lipinski definition) is 7. The summed E-state index contributed by atoms with van der Waals surface area (Å²) in [5.74, 6) is 2.48. The first-order valence-electron chi connectivity index (χ1n) is 12.7. The third-order valence-corrected chi connectivity index (χ3v) is 6.36. The number of nitrogens with one attached hydrogen (secondary N) is 1. The molecule has 1 aromatic heterocycles. The molecule has 0 atom stereocenters. The van der Waals surface area contributed by atoms with E-state index in [-0.39, 0.29) is 0 Å². The maximum Gasteiger partial charge on any atom is 0.162 e. The maximum atomic E-state index is 10.4. The van der Waals surface area contributed by atoms with E-state index in [0.29, 0.717) is 47.7 Å². The van der Waals surface area contributed by atoms with E-state index in [2.05, 4.69) is 34.3 Å². The number of benzene rings is 3. The van der Waals surface area contributed by atoms with Crippen molar-refractivity contribution in [2.24, 2.45) is 0 Å². The second kappa shape index (κ2) is 13.6. The molecular formula is C30H32ClN3O4. The number of nitrogens with zero attached hydrogens (tertiary/aromatic N) is 2. The molecule has 0 fully saturated rings. The quantitative estimate of drug-likeness (QED) is 0.133. The van der Waals surface area contributed by atoms with Gasteiger partial charge in [-0.05, 0) is 49.6 Å². The number of aldehydes is 1. The SMILES string of the molecule is COc1cc2ncnc(Nc3ccc(OCc4cccc(C)c4)c(Cl)c3)c2cc1OCCCCCCC=O. The van der Waals surface area contributed by atoms with Crippen molar-refractivity contribution in [3.8, 4) is 17.2 Å². The lowest BCUT2D eigenvalue weighted by Crippen LogP contribution is -2.02. The Balaban J connectivity index is 1.45. The van der Waals surface area contributed by atoms with E-state index < -0.39 is 0 Å². The van der Waals surface area contributed by atoms with Crippen molar-refractivity contribution in [3.05, 3.63) is 77.1 Å². The molecule has 0 saturated heterocycles. The zero-order valence-corrected chi connectivity index (χ0v) is 22.5. The van der Waals surface area contributed by atoms with Crippen LogP contribution in [0.15, 0.2) is 60.9 Å². The molecule has 0 spiro atoms. The van der Waals surface area contributed by atoms with Gasteiger partial charge in [0.1, 0.15) is 30.8 Å². The lowest BCUT2D eigenvalue weighted by molar-refractivity contribution is -0.107. The molecule has 0 saturated carbocycles. The molecule has 8 heteroatoms. The number of aryl methyl sites for hydroxylation is 1. The van der Waals surface area contributed by atoms with Crippen LogP contribution in [0, 0.1) is 6.92 Å². The first-order valence-corrected chi connectivity index (χ1v) is 13.1. The standard InChI is InChI=1S/C30H32ClN3O4/c1-21-9-8-10-22(15-21)19-38-27-12-11-23(16-25(27)31)34-30-24-17-29(37-14-7-5-3-4-6-13-35)28(36-2)18-26(24)32-20-33-30/h8-13,15-18,20H,3-7,14,19H2,1-2H3,(H,32,33,34). The molecule has 3 aromatic carbocycles. The third kappa shape index (κ3) is 7.35. The van der Waals surface area contributed by atoms with E-state index in [1.165, 1.54) is 11.9 Å². The van der Waals surface area contributed by atoms with Gasteiger partial charge >= 0.3 is 0 Å². The number of hydrogen-bond donors (Lipinski definition) is 1. The minimum atomic E-state index is 0.439. The van der Waals surface area contributed by atoms with Gasteiger partial charge in [-0.2, -0.15) is 0 Å². The number of methoxy groups -OCH3 is 1. The largest absolute Gasteiger partial charge is 0.493 e. The number of anilines is 2. The van der Waals surface area contributed by atoms with Crippen LogP contribution in [-0.2, 0) is 11.4 Å². The summed E-state index contributed by atoms with van der Waals surface area (Å²) in [6.07, 6.45) is 6.91. The normalized spacial score (nSPS) is 10.8. The fraction of sp³-hybridized carbons (Fsp3) is 0.300. The minimum absolute atomic E-state index is 0.439. The van der Waals surface area contributed by atoms with Gasteiger partial charge in [0.25, 0.3) is 0 Å². The molecule has 1 heterocycles. The maximum absolute atomic E-state index is 10.4. The number of unbranched alkanes of at least 4 members (excludes halogenated alkanes) is 4. The van der Waals surface area contributed by atoms with Gasteiger partial charge in [0.05, 0.1) is 24.3 Å². The summed E-state index contributed by atoms with van der Waals surface area (Å²) in [7, 11) is 1.61. The summed E-state index contributed by atoms with van der Waals surface area (Å²) in [4.78, 5) is 19.3. The van der Waals surface area contributed by atoms with Crippen molar-refractivity contribution in [2.75, 3.05) is 19.0 Å². The molecule has 0 aliphatic rings. The average Bonchev–Trinajstić information content (AvgIpc) is 2.92. The molecule has 4 rings (SSSR count). The number of carbonyl (C=O) groups excluding carboxylic acids is 1. The van der Waals surface area contributed by atoms with Gasteiger partial charge < -0.3 is 24.3 Å². The van der Waals surface area contributed by atoms with Gasteiger partial charge in [-0.15, -0.1) is 0 Å². The number of carbonyl (C=O) groups is 1. The van der Waals surface area contributed by atoms with E-state index in [1.54, 1.807) is 7.11 Å². The molecular weight excluding hydrogens is 502 g/mol. The first kappa shape index (κ1) is 27.2. The second-order valence-electron chi connectivity index (χ2n) is 9.01. The summed E-state index contributed by atoms with van der Waals surface area (Å²) < 4.78 is 17.5. The van der Waals surface area contributed by atoms with Crippen LogP contribution in [0.4, 0.5) is 11.5 Å². The van der Waals surface area contributed by atoms with Crippen LogP contribution in [0.2, 0.25) is 5.02 Å². The molecule has 0 radical (unpaired) electrons. The first-order chi connectivity index (χ1) is 18.6. The number of fused-ring (bicyclic) bond motifs is 1. The monoisotopic (exact) mass is 533 g/mol. The van der Waals surface area contributed by atoms with E-state index in [1.807, 2.05) is 42.5 Å². The summed E-state index contributed by atoms with van der Waals surface area (Å²) in [5.41, 5.74) is 3.77. The number of halogens is 1. The van der Waals surface area contributed by atoms with E-state index in [0.717, 1.165) is 54.1 Å². The van der Waals surface area contributed by atoms with Crippen LogP contribution >= 0.6 is 11.6 Å². The Kier molecular flexibility index (Phi) is 9.76. The highest BCUT2D eigenvalue weighted by atomic mass is 35.5. The van der Waals surface area contributed by atoms with E-state index in [4.69, 9.17) is 25.8 Å². The van der Waals surface area contributed by atoms with Crippen molar-refractivity contribution in [3.63, 3.8) is 0 Å². The second-order valence-corrected chi connectivity index (χ2v) is 9.42. The Morgan fingerprint density at radius 3 is 2.58 bits per heavy atom. The summed E-state index contributed by atoms with van der Waals surface area (Å²) in [6, 6.07) is 17.5. The van der Waals surface area contributed by atoms with Crippen molar-refractivity contribution in [2.45, 2.75) is 45.6 Å². The van der Waals surface area contributed by atoms with Crippen LogP contribution in [0.25, 0.3) is 10.9 Å². The summed E-state index contributed by atoms with van der Waals surface area (Å²) in [6.45, 7) is 3.05. The molecule has 0 unspecified atom stereocenters. The fourth-order valence-corrected chi connectivity index (χ4v) is 4.33. The minimum Gasteiger partial charge on any atom is -0.493 e. The van der Waals surface area contributed by atoms with E-state index >= 15 is 0 Å². The predicted octanol–water partition coefficient (Wildman–Crippen LogP) is 7.45. The molecule has 7 nitrogen and oxygen atoms in total. The van der Waals surface area contributed by atoms with Crippen molar-refractivity contribution in [1.82, 2.24) is 9.97 Å². The van der Waals surface area contributed by atoms with Crippen molar-refractivity contribution < 1.29 is 19.0 Å². The number of aromatic nitrogens is 2. The molecule has 38 heavy (non-hydrogen) atoms. The van der Waals surface area contributed by atoms with Crippen LogP contribution in [0.1, 0.15) is 43.2 Å². The Bertz CT molecular complexity index is 1380. The Labute approximate surface area is 228 Å². The zero-order valence-electron chi connectivity index (χ0n) is 21.7. The highest BCUT2D eigenvalue weighted by Crippen LogP contribution is 2.36. The van der Waals surface area contributed by atoms with Crippen LogP contribution < -0.4 is 19.5 Å². The van der Waals surface area contributed by atoms with Gasteiger partial charge in [0.15, 0.2) is 11.5 Å². The molecule has 1 N–H and O–H groups in total. The molecule has 0 aliphatic carbocycles. The third-order valence-electron chi connectivity index (χ3n) is 6.07. The van der Waals surface area contributed by atoms with E-state index in [9.17, 15) is 4.79 Å². The Morgan fingerprint density at radius 2 is 1.79 bits per heavy atom. The summed E-state index contributed by atoms with van der Waals surface area (Å²) in [5, 5.41) is 4.64. The van der Waals surface area contributed by atoms with Gasteiger partial charge in [0.2, 0.25) is 0 Å². The van der Waals surface area contributed by atoms with Gasteiger partial charge in [-0.1, -0.05) is 54.3 Å². The van der Waals surface area contributed by atoms with Crippen LogP contribution in [0.3, 0.4) is 0 Å². The predicted molar refractivity (Wildman–Crippen MR) is 151 cm³/mol. The smallest absolute Gasteiger partial charge is 0.162 e. The lowest BCUT2D eigenvalue weighted by atomic mass is 10.1. The van der Waals surface area contributed by atoms with Gasteiger partial charge in [-0.3, -0.25) is 0 Å². The lowest BCUT2D eigenvalue weighted by Gasteiger charge is -2.14. The molecule has 0 aliphatic heterocycles. The molecule has 198 valence electrons. The van der Waals surface area contributed by atoms with Gasteiger partial charge in [0, 0.05) is 23.6 Å². The topological polar surface area (TPSA) is 82.6 Å². The summed E-state index contributed by atoms with van der Waals surface area (Å²) >= 11 is 6.54. The van der Waals surface area contributed by atoms with Crippen LogP contribution in [-0.4, -0.2) is 30.0 Å². The highest BCUT2D eigenvalue weighted by Gasteiger charge is 2.13. The zero-order chi connectivity index (χ0) is 26.7. The van der Waals surface area contributed by atoms with Gasteiger partial charge in [-0.25, -0.2) is 9.97 Å². The average molecular weight is 534 g/mol. The fourth-order valence-electron chi connectivity index (χ4n) is 4.10. The van der Waals surface area contributed by atoms with Crippen LogP contribution in [0.5, 0.6) is 17.2 Å². The molecule has 0 amide bonds. The Hall–Kier alpha value is -3.84. The Morgan fingerprint density at radius 1 is 0.921 bits per heavy atom. The number of rotatable bonds is 14.